The molecule has 0 aromatic carbocycles. The van der Waals surface area contributed by atoms with E-state index in [1.807, 2.05) is 19.1 Å². The maximum atomic E-state index is 12.0. The Morgan fingerprint density at radius 1 is 1.45 bits per heavy atom. The fraction of sp³-hybridized carbons (Fsp3) is 0.333. The van der Waals surface area contributed by atoms with Gasteiger partial charge in [-0.3, -0.25) is 4.79 Å². The van der Waals surface area contributed by atoms with E-state index in [9.17, 15) is 4.79 Å². The summed E-state index contributed by atoms with van der Waals surface area (Å²) in [7, 11) is 0. The van der Waals surface area contributed by atoms with Crippen LogP contribution in [0.4, 0.5) is 10.9 Å². The van der Waals surface area contributed by atoms with Crippen molar-refractivity contribution in [2.45, 2.75) is 13.3 Å². The van der Waals surface area contributed by atoms with Crippen molar-refractivity contribution in [1.82, 2.24) is 10.3 Å². The zero-order valence-corrected chi connectivity index (χ0v) is 14.1. The summed E-state index contributed by atoms with van der Waals surface area (Å²) in [5.74, 6) is 0.113. The summed E-state index contributed by atoms with van der Waals surface area (Å²) < 4.78 is 1.10. The summed E-state index contributed by atoms with van der Waals surface area (Å²) in [6.45, 7) is 3.30. The highest BCUT2D eigenvalue weighted by molar-refractivity contribution is 9.11. The Labute approximate surface area is 133 Å². The molecule has 0 aliphatic carbocycles. The second kappa shape index (κ2) is 7.05. The molecular formula is C12H15BrN4OS2. The van der Waals surface area contributed by atoms with E-state index >= 15 is 0 Å². The second-order valence-electron chi connectivity index (χ2n) is 3.98. The molecular weight excluding hydrogens is 360 g/mol. The van der Waals surface area contributed by atoms with E-state index < -0.39 is 0 Å². The molecule has 20 heavy (non-hydrogen) atoms. The van der Waals surface area contributed by atoms with Crippen LogP contribution in [0.1, 0.15) is 21.5 Å². The predicted octanol–water partition coefficient (Wildman–Crippen LogP) is 2.95. The number of thiophene rings is 1. The molecule has 0 atom stereocenters. The van der Waals surface area contributed by atoms with Crippen LogP contribution in [0.5, 0.6) is 0 Å². The molecule has 2 rings (SSSR count). The van der Waals surface area contributed by atoms with Crippen LogP contribution < -0.4 is 16.4 Å². The van der Waals surface area contributed by atoms with Crippen molar-refractivity contribution in [2.24, 2.45) is 0 Å². The maximum Gasteiger partial charge on any atom is 0.265 e. The third-order valence-electron chi connectivity index (χ3n) is 2.47. The van der Waals surface area contributed by atoms with Gasteiger partial charge in [-0.1, -0.05) is 11.3 Å². The minimum atomic E-state index is -0.167. The monoisotopic (exact) mass is 374 g/mol. The van der Waals surface area contributed by atoms with Gasteiger partial charge in [0.25, 0.3) is 5.91 Å². The van der Waals surface area contributed by atoms with E-state index in [0.29, 0.717) is 16.6 Å². The SMILES string of the molecule is CCNc1nc(N)c(C(=O)NCCc2ccc(Br)s2)s1. The number of hydrogen-bond acceptors (Lipinski definition) is 6. The van der Waals surface area contributed by atoms with Crippen molar-refractivity contribution in [1.29, 1.82) is 0 Å². The molecule has 0 spiro atoms. The molecule has 2 aromatic heterocycles. The topological polar surface area (TPSA) is 80.0 Å². The molecule has 2 aromatic rings. The van der Waals surface area contributed by atoms with Gasteiger partial charge in [0.15, 0.2) is 5.13 Å². The van der Waals surface area contributed by atoms with Crippen LogP contribution in [-0.4, -0.2) is 24.0 Å². The van der Waals surface area contributed by atoms with Gasteiger partial charge in [0.1, 0.15) is 10.7 Å². The zero-order chi connectivity index (χ0) is 14.5. The van der Waals surface area contributed by atoms with Gasteiger partial charge in [-0.05, 0) is 41.4 Å². The Hall–Kier alpha value is -1.12. The Kier molecular flexibility index (Phi) is 5.38. The first-order chi connectivity index (χ1) is 9.60. The van der Waals surface area contributed by atoms with Gasteiger partial charge >= 0.3 is 0 Å². The smallest absolute Gasteiger partial charge is 0.265 e. The first kappa shape index (κ1) is 15.3. The van der Waals surface area contributed by atoms with Crippen LogP contribution in [0.15, 0.2) is 15.9 Å². The molecule has 0 aliphatic rings. The Morgan fingerprint density at radius 3 is 2.90 bits per heavy atom. The van der Waals surface area contributed by atoms with E-state index in [2.05, 4.69) is 31.5 Å². The van der Waals surface area contributed by atoms with Gasteiger partial charge in [-0.25, -0.2) is 4.98 Å². The number of carbonyl (C=O) groups excluding carboxylic acids is 1. The highest BCUT2D eigenvalue weighted by Crippen LogP contribution is 2.25. The number of anilines is 2. The summed E-state index contributed by atoms with van der Waals surface area (Å²) in [6, 6.07) is 4.05. The number of amides is 1. The van der Waals surface area contributed by atoms with Crippen LogP contribution in [0.25, 0.3) is 0 Å². The molecule has 108 valence electrons. The van der Waals surface area contributed by atoms with Crippen molar-refractivity contribution in [2.75, 3.05) is 24.1 Å². The maximum absolute atomic E-state index is 12.0. The molecule has 2 heterocycles. The van der Waals surface area contributed by atoms with Gasteiger partial charge in [0, 0.05) is 18.0 Å². The molecule has 5 nitrogen and oxygen atoms in total. The van der Waals surface area contributed by atoms with Gasteiger partial charge in [0.2, 0.25) is 0 Å². The van der Waals surface area contributed by atoms with Gasteiger partial charge < -0.3 is 16.4 Å². The lowest BCUT2D eigenvalue weighted by atomic mass is 10.3. The predicted molar refractivity (Wildman–Crippen MR) is 88.7 cm³/mol. The highest BCUT2D eigenvalue weighted by atomic mass is 79.9. The Bertz CT molecular complexity index is 596. The van der Waals surface area contributed by atoms with Gasteiger partial charge in [-0.2, -0.15) is 0 Å². The number of rotatable bonds is 6. The number of nitrogen functional groups attached to an aromatic ring is 1. The van der Waals surface area contributed by atoms with Crippen LogP contribution in [0.3, 0.4) is 0 Å². The lowest BCUT2D eigenvalue weighted by molar-refractivity contribution is 0.0959. The van der Waals surface area contributed by atoms with Crippen LogP contribution in [0.2, 0.25) is 0 Å². The molecule has 0 fully saturated rings. The van der Waals surface area contributed by atoms with Gasteiger partial charge in [-0.15, -0.1) is 11.3 Å². The number of thiazole rings is 1. The molecule has 0 saturated carbocycles. The standard InChI is InChI=1S/C12H15BrN4OS2/c1-2-15-12-17-10(14)9(20-12)11(18)16-6-5-7-3-4-8(13)19-7/h3-4H,2,5-6,14H2,1H3,(H,15,17)(H,16,18). The number of hydrogen-bond donors (Lipinski definition) is 3. The van der Waals surface area contributed by atoms with Crippen LogP contribution in [0, 0.1) is 0 Å². The Balaban J connectivity index is 1.88. The van der Waals surface area contributed by atoms with Gasteiger partial charge in [0.05, 0.1) is 3.79 Å². The second-order valence-corrected chi connectivity index (χ2v) is 7.52. The molecule has 8 heteroatoms. The summed E-state index contributed by atoms with van der Waals surface area (Å²) in [6.07, 6.45) is 0.806. The number of carbonyl (C=O) groups is 1. The van der Waals surface area contributed by atoms with Crippen molar-refractivity contribution in [3.63, 3.8) is 0 Å². The van der Waals surface area contributed by atoms with Crippen molar-refractivity contribution in [3.05, 3.63) is 25.7 Å². The molecule has 0 radical (unpaired) electrons. The molecule has 0 aliphatic heterocycles. The molecule has 0 unspecified atom stereocenters. The fourth-order valence-corrected chi connectivity index (χ4v) is 3.94. The van der Waals surface area contributed by atoms with Crippen LogP contribution >= 0.6 is 38.6 Å². The average Bonchev–Trinajstić information content (AvgIpc) is 2.96. The van der Waals surface area contributed by atoms with E-state index in [1.165, 1.54) is 16.2 Å². The lowest BCUT2D eigenvalue weighted by Gasteiger charge is -2.02. The Morgan fingerprint density at radius 2 is 2.25 bits per heavy atom. The average molecular weight is 375 g/mol. The third-order valence-corrected chi connectivity index (χ3v) is 5.18. The minimum Gasteiger partial charge on any atom is -0.382 e. The van der Waals surface area contributed by atoms with Crippen molar-refractivity contribution in [3.8, 4) is 0 Å². The summed E-state index contributed by atoms with van der Waals surface area (Å²) in [4.78, 5) is 17.8. The third kappa shape index (κ3) is 3.94. The number of nitrogens with one attached hydrogen (secondary N) is 2. The minimum absolute atomic E-state index is 0.167. The summed E-state index contributed by atoms with van der Waals surface area (Å²) in [5, 5.41) is 6.60. The fourth-order valence-electron chi connectivity index (χ4n) is 1.59. The first-order valence-corrected chi connectivity index (χ1v) is 8.55. The van der Waals surface area contributed by atoms with E-state index in [1.54, 1.807) is 11.3 Å². The quantitative estimate of drug-likeness (QED) is 0.725. The molecule has 4 N–H and O–H groups in total. The normalized spacial score (nSPS) is 10.5. The highest BCUT2D eigenvalue weighted by Gasteiger charge is 2.15. The summed E-state index contributed by atoms with van der Waals surface area (Å²) >= 11 is 6.37. The molecule has 1 amide bonds. The van der Waals surface area contributed by atoms with E-state index in [-0.39, 0.29) is 11.7 Å². The summed E-state index contributed by atoms with van der Waals surface area (Å²) in [5.41, 5.74) is 5.75. The zero-order valence-electron chi connectivity index (χ0n) is 10.9. The van der Waals surface area contributed by atoms with E-state index in [4.69, 9.17) is 5.73 Å². The molecule has 0 saturated heterocycles. The lowest BCUT2D eigenvalue weighted by Crippen LogP contribution is -2.25. The van der Waals surface area contributed by atoms with Crippen LogP contribution in [-0.2, 0) is 6.42 Å². The number of aromatic nitrogens is 1. The van der Waals surface area contributed by atoms with E-state index in [0.717, 1.165) is 16.8 Å². The largest absolute Gasteiger partial charge is 0.382 e. The molecule has 0 bridgehead atoms. The number of nitrogens with zero attached hydrogens (tertiary/aromatic N) is 1. The first-order valence-electron chi connectivity index (χ1n) is 6.12. The number of nitrogens with two attached hydrogens (primary N) is 1. The van der Waals surface area contributed by atoms with Crippen molar-refractivity contribution < 1.29 is 4.79 Å². The number of halogens is 1. The van der Waals surface area contributed by atoms with Crippen molar-refractivity contribution >= 4 is 55.5 Å².